The number of aryl methyl sites for hydroxylation is 2. The van der Waals surface area contributed by atoms with E-state index in [0.29, 0.717) is 5.19 Å². The van der Waals surface area contributed by atoms with Gasteiger partial charge in [0, 0.05) is 11.5 Å². The summed E-state index contributed by atoms with van der Waals surface area (Å²) in [4.78, 5) is 4.12. The van der Waals surface area contributed by atoms with E-state index in [2.05, 4.69) is 9.36 Å². The van der Waals surface area contributed by atoms with E-state index in [9.17, 15) is 0 Å². The molecule has 0 aliphatic carbocycles. The van der Waals surface area contributed by atoms with Crippen LogP contribution in [0.25, 0.3) is 0 Å². The van der Waals surface area contributed by atoms with Crippen molar-refractivity contribution < 1.29 is 4.74 Å². The molecule has 0 N–H and O–H groups in total. The van der Waals surface area contributed by atoms with Crippen molar-refractivity contribution in [3.05, 3.63) is 35.7 Å². The van der Waals surface area contributed by atoms with E-state index in [1.807, 2.05) is 38.1 Å². The molecule has 0 aliphatic rings. The number of nitrogens with zero attached hydrogens (tertiary/aromatic N) is 2. The van der Waals surface area contributed by atoms with E-state index >= 15 is 0 Å². The van der Waals surface area contributed by atoms with Crippen LogP contribution in [0.1, 0.15) is 11.4 Å². The van der Waals surface area contributed by atoms with Gasteiger partial charge in [-0.2, -0.15) is 9.36 Å². The molecule has 0 radical (unpaired) electrons. The SMILES string of the molecule is Cc1cccc(Oc2nc(C)ns2)c1. The van der Waals surface area contributed by atoms with E-state index in [1.165, 1.54) is 17.1 Å². The van der Waals surface area contributed by atoms with Crippen molar-refractivity contribution in [2.24, 2.45) is 0 Å². The monoisotopic (exact) mass is 206 g/mol. The highest BCUT2D eigenvalue weighted by atomic mass is 32.1. The fourth-order valence-corrected chi connectivity index (χ4v) is 1.66. The Bertz CT molecular complexity index is 439. The van der Waals surface area contributed by atoms with Crippen molar-refractivity contribution in [2.75, 3.05) is 0 Å². The summed E-state index contributed by atoms with van der Waals surface area (Å²) in [6, 6.07) is 7.86. The van der Waals surface area contributed by atoms with E-state index in [4.69, 9.17) is 4.74 Å². The van der Waals surface area contributed by atoms with Crippen LogP contribution in [-0.4, -0.2) is 9.36 Å². The average molecular weight is 206 g/mol. The Morgan fingerprint density at radius 2 is 2.14 bits per heavy atom. The van der Waals surface area contributed by atoms with Gasteiger partial charge in [0.25, 0.3) is 5.19 Å². The normalized spacial score (nSPS) is 10.1. The molecule has 2 aromatic rings. The largest absolute Gasteiger partial charge is 0.430 e. The predicted octanol–water partition coefficient (Wildman–Crippen LogP) is 2.95. The second-order valence-corrected chi connectivity index (χ2v) is 3.74. The molecule has 0 bridgehead atoms. The second-order valence-electron chi connectivity index (χ2n) is 3.03. The molecule has 0 amide bonds. The fourth-order valence-electron chi connectivity index (χ4n) is 1.10. The van der Waals surface area contributed by atoms with E-state index in [1.54, 1.807) is 0 Å². The lowest BCUT2D eigenvalue weighted by atomic mass is 10.2. The molecule has 1 aromatic heterocycles. The van der Waals surface area contributed by atoms with E-state index in [0.717, 1.165) is 11.6 Å². The van der Waals surface area contributed by atoms with Crippen molar-refractivity contribution in [3.8, 4) is 10.9 Å². The lowest BCUT2D eigenvalue weighted by Crippen LogP contribution is -1.83. The second kappa shape index (κ2) is 3.75. The van der Waals surface area contributed by atoms with Crippen LogP contribution in [0.3, 0.4) is 0 Å². The Labute approximate surface area is 86.6 Å². The van der Waals surface area contributed by atoms with Gasteiger partial charge in [-0.3, -0.25) is 0 Å². The molecule has 0 spiro atoms. The lowest BCUT2D eigenvalue weighted by molar-refractivity contribution is 0.477. The molecule has 0 fully saturated rings. The zero-order chi connectivity index (χ0) is 9.97. The van der Waals surface area contributed by atoms with Gasteiger partial charge in [-0.1, -0.05) is 12.1 Å². The molecule has 1 aromatic carbocycles. The van der Waals surface area contributed by atoms with Crippen molar-refractivity contribution in [1.82, 2.24) is 9.36 Å². The number of hydrogen-bond donors (Lipinski definition) is 0. The molecule has 0 saturated carbocycles. The molecule has 0 atom stereocenters. The maximum atomic E-state index is 5.52. The number of ether oxygens (including phenoxy) is 1. The Morgan fingerprint density at radius 1 is 1.29 bits per heavy atom. The minimum absolute atomic E-state index is 0.591. The van der Waals surface area contributed by atoms with Gasteiger partial charge in [-0.25, -0.2) is 0 Å². The summed E-state index contributed by atoms with van der Waals surface area (Å²) >= 11 is 1.27. The topological polar surface area (TPSA) is 35.0 Å². The quantitative estimate of drug-likeness (QED) is 0.757. The number of hydrogen-bond acceptors (Lipinski definition) is 4. The molecular weight excluding hydrogens is 196 g/mol. The van der Waals surface area contributed by atoms with Crippen LogP contribution >= 0.6 is 11.5 Å². The van der Waals surface area contributed by atoms with Gasteiger partial charge >= 0.3 is 0 Å². The molecule has 0 aliphatic heterocycles. The molecule has 0 saturated heterocycles. The average Bonchev–Trinajstić information content (AvgIpc) is 2.51. The zero-order valence-electron chi connectivity index (χ0n) is 8.02. The maximum absolute atomic E-state index is 5.52. The van der Waals surface area contributed by atoms with Gasteiger partial charge in [0.1, 0.15) is 11.6 Å². The summed E-state index contributed by atoms with van der Waals surface area (Å²) in [5.74, 6) is 1.55. The summed E-state index contributed by atoms with van der Waals surface area (Å²) in [6.07, 6.45) is 0. The van der Waals surface area contributed by atoms with Crippen LogP contribution in [0, 0.1) is 13.8 Å². The fraction of sp³-hybridized carbons (Fsp3) is 0.200. The van der Waals surface area contributed by atoms with Gasteiger partial charge in [-0.05, 0) is 31.5 Å². The van der Waals surface area contributed by atoms with Crippen LogP contribution in [-0.2, 0) is 0 Å². The van der Waals surface area contributed by atoms with Crippen LogP contribution < -0.4 is 4.74 Å². The third kappa shape index (κ3) is 2.09. The zero-order valence-corrected chi connectivity index (χ0v) is 8.84. The first-order valence-electron chi connectivity index (χ1n) is 4.29. The summed E-state index contributed by atoms with van der Waals surface area (Å²) in [6.45, 7) is 3.87. The first kappa shape index (κ1) is 9.15. The Kier molecular flexibility index (Phi) is 2.45. The maximum Gasteiger partial charge on any atom is 0.298 e. The Balaban J connectivity index is 2.18. The highest BCUT2D eigenvalue weighted by molar-refractivity contribution is 7.07. The van der Waals surface area contributed by atoms with Crippen molar-refractivity contribution in [1.29, 1.82) is 0 Å². The molecular formula is C10H10N2OS. The molecule has 72 valence electrons. The first-order valence-corrected chi connectivity index (χ1v) is 5.06. The van der Waals surface area contributed by atoms with Crippen molar-refractivity contribution in [3.63, 3.8) is 0 Å². The third-order valence-corrected chi connectivity index (χ3v) is 2.39. The molecule has 1 heterocycles. The van der Waals surface area contributed by atoms with Gasteiger partial charge in [0.15, 0.2) is 0 Å². The summed E-state index contributed by atoms with van der Waals surface area (Å²) in [5.41, 5.74) is 1.17. The first-order chi connectivity index (χ1) is 6.74. The van der Waals surface area contributed by atoms with Crippen LogP contribution in [0.2, 0.25) is 0 Å². The standard InChI is InChI=1S/C10H10N2OS/c1-7-4-3-5-9(6-7)13-10-11-8(2)12-14-10/h3-6H,1-2H3. The van der Waals surface area contributed by atoms with Crippen LogP contribution in [0.15, 0.2) is 24.3 Å². The van der Waals surface area contributed by atoms with Gasteiger partial charge in [0.05, 0.1) is 0 Å². The van der Waals surface area contributed by atoms with Crippen LogP contribution in [0.5, 0.6) is 10.9 Å². The number of benzene rings is 1. The molecule has 0 unspecified atom stereocenters. The Morgan fingerprint density at radius 3 is 2.79 bits per heavy atom. The van der Waals surface area contributed by atoms with Crippen molar-refractivity contribution in [2.45, 2.75) is 13.8 Å². The molecule has 14 heavy (non-hydrogen) atoms. The molecule has 3 nitrogen and oxygen atoms in total. The number of aromatic nitrogens is 2. The summed E-state index contributed by atoms with van der Waals surface area (Å²) < 4.78 is 9.57. The lowest BCUT2D eigenvalue weighted by Gasteiger charge is -2.00. The highest BCUT2D eigenvalue weighted by Gasteiger charge is 2.02. The molecule has 4 heteroatoms. The smallest absolute Gasteiger partial charge is 0.298 e. The van der Waals surface area contributed by atoms with Gasteiger partial charge in [-0.15, -0.1) is 0 Å². The minimum atomic E-state index is 0.591. The molecule has 2 rings (SSSR count). The van der Waals surface area contributed by atoms with E-state index < -0.39 is 0 Å². The summed E-state index contributed by atoms with van der Waals surface area (Å²) in [5, 5.41) is 0.591. The third-order valence-electron chi connectivity index (χ3n) is 1.70. The Hall–Kier alpha value is -1.42. The van der Waals surface area contributed by atoms with Crippen LogP contribution in [0.4, 0.5) is 0 Å². The van der Waals surface area contributed by atoms with Gasteiger partial charge in [0.2, 0.25) is 0 Å². The van der Waals surface area contributed by atoms with Gasteiger partial charge < -0.3 is 4.74 Å². The highest BCUT2D eigenvalue weighted by Crippen LogP contribution is 2.23. The van der Waals surface area contributed by atoms with Crippen molar-refractivity contribution >= 4 is 11.5 Å². The minimum Gasteiger partial charge on any atom is -0.430 e. The summed E-state index contributed by atoms with van der Waals surface area (Å²) in [7, 11) is 0. The predicted molar refractivity (Wildman–Crippen MR) is 55.9 cm³/mol. The van der Waals surface area contributed by atoms with E-state index in [-0.39, 0.29) is 0 Å². The number of rotatable bonds is 2.